The minimum Gasteiger partial charge on any atom is -0.457 e. The molecule has 0 fully saturated rings. The highest BCUT2D eigenvalue weighted by Gasteiger charge is 2.27. The fourth-order valence-corrected chi connectivity index (χ4v) is 2.02. The normalized spacial score (nSPS) is 10.5. The number of ether oxygens (including phenoxy) is 1. The Balaban J connectivity index is 2.28. The minimum atomic E-state index is -2.34. The molecule has 0 saturated carbocycles. The molecule has 138 valence electrons. The lowest BCUT2D eigenvalue weighted by Gasteiger charge is -2.10. The second-order valence-corrected chi connectivity index (χ2v) is 4.86. The fourth-order valence-electron chi connectivity index (χ4n) is 2.02. The average molecular weight is 376 g/mol. The van der Waals surface area contributed by atoms with Crippen LogP contribution in [0.25, 0.3) is 0 Å². The van der Waals surface area contributed by atoms with E-state index in [1.807, 2.05) is 0 Å². The molecule has 0 aliphatic heterocycles. The Bertz CT molecular complexity index is 875. The Hall–Kier alpha value is -3.24. The van der Waals surface area contributed by atoms with Crippen LogP contribution in [0.2, 0.25) is 0 Å². The van der Waals surface area contributed by atoms with Crippen molar-refractivity contribution in [2.75, 3.05) is 12.4 Å². The molecule has 2 aromatic carbocycles. The van der Waals surface area contributed by atoms with Gasteiger partial charge in [0.15, 0.2) is 23.3 Å². The van der Waals surface area contributed by atoms with Gasteiger partial charge in [0.25, 0.3) is 5.69 Å². The van der Waals surface area contributed by atoms with E-state index in [1.54, 1.807) is 0 Å². The largest absolute Gasteiger partial charge is 0.457 e. The van der Waals surface area contributed by atoms with Crippen molar-refractivity contribution in [2.45, 2.75) is 6.61 Å². The molecule has 2 aromatic rings. The van der Waals surface area contributed by atoms with E-state index in [0.29, 0.717) is 0 Å². The van der Waals surface area contributed by atoms with Crippen molar-refractivity contribution in [1.82, 2.24) is 0 Å². The molecular formula is C15H9F5N2O4. The van der Waals surface area contributed by atoms with Gasteiger partial charge >= 0.3 is 5.97 Å². The number of rotatable bonds is 5. The number of nitro benzene ring substituents is 1. The first kappa shape index (κ1) is 19.1. The Morgan fingerprint density at radius 1 is 1.08 bits per heavy atom. The highest BCUT2D eigenvalue weighted by atomic mass is 19.2. The number of benzene rings is 2. The van der Waals surface area contributed by atoms with Gasteiger partial charge in [0.05, 0.1) is 16.1 Å². The molecule has 0 saturated heterocycles. The first-order chi connectivity index (χ1) is 12.2. The number of carbonyl (C=O) groups is 1. The zero-order chi connectivity index (χ0) is 19.6. The number of anilines is 1. The maximum atomic E-state index is 13.5. The van der Waals surface area contributed by atoms with Crippen molar-refractivity contribution in [2.24, 2.45) is 0 Å². The molecule has 0 aromatic heterocycles. The minimum absolute atomic E-state index is 0.0892. The maximum absolute atomic E-state index is 13.5. The highest BCUT2D eigenvalue weighted by molar-refractivity contribution is 5.91. The first-order valence-electron chi connectivity index (χ1n) is 6.82. The maximum Gasteiger partial charge on any atom is 0.338 e. The van der Waals surface area contributed by atoms with Gasteiger partial charge in [-0.1, -0.05) is 0 Å². The number of hydrogen-bond donors (Lipinski definition) is 1. The first-order valence-corrected chi connectivity index (χ1v) is 6.82. The third kappa shape index (κ3) is 3.41. The third-order valence-corrected chi connectivity index (χ3v) is 3.35. The van der Waals surface area contributed by atoms with Crippen molar-refractivity contribution in [1.29, 1.82) is 0 Å². The van der Waals surface area contributed by atoms with Gasteiger partial charge in [0.1, 0.15) is 12.3 Å². The van der Waals surface area contributed by atoms with Crippen LogP contribution in [0.15, 0.2) is 18.2 Å². The van der Waals surface area contributed by atoms with Crippen LogP contribution in [0.3, 0.4) is 0 Å². The van der Waals surface area contributed by atoms with Crippen molar-refractivity contribution in [3.05, 3.63) is 68.5 Å². The van der Waals surface area contributed by atoms with Gasteiger partial charge in [0, 0.05) is 13.1 Å². The molecule has 0 aliphatic rings. The van der Waals surface area contributed by atoms with Gasteiger partial charge in [-0.2, -0.15) is 0 Å². The van der Waals surface area contributed by atoms with Crippen LogP contribution in [-0.4, -0.2) is 17.9 Å². The molecule has 0 radical (unpaired) electrons. The molecule has 0 atom stereocenters. The topological polar surface area (TPSA) is 81.5 Å². The predicted molar refractivity (Wildman–Crippen MR) is 78.0 cm³/mol. The van der Waals surface area contributed by atoms with Gasteiger partial charge in [-0.15, -0.1) is 0 Å². The summed E-state index contributed by atoms with van der Waals surface area (Å²) in [6, 6.07) is 3.15. The van der Waals surface area contributed by atoms with Gasteiger partial charge in [0.2, 0.25) is 5.82 Å². The van der Waals surface area contributed by atoms with E-state index in [1.165, 1.54) is 13.1 Å². The lowest BCUT2D eigenvalue weighted by atomic mass is 10.1. The lowest BCUT2D eigenvalue weighted by Crippen LogP contribution is -2.12. The monoisotopic (exact) mass is 376 g/mol. The van der Waals surface area contributed by atoms with E-state index in [9.17, 15) is 36.9 Å². The van der Waals surface area contributed by atoms with Crippen molar-refractivity contribution >= 4 is 17.3 Å². The molecule has 6 nitrogen and oxygen atoms in total. The number of esters is 1. The molecule has 0 aliphatic carbocycles. The summed E-state index contributed by atoms with van der Waals surface area (Å²) in [6.07, 6.45) is 0. The van der Waals surface area contributed by atoms with E-state index in [0.717, 1.165) is 12.1 Å². The molecule has 26 heavy (non-hydrogen) atoms. The smallest absolute Gasteiger partial charge is 0.338 e. The van der Waals surface area contributed by atoms with Crippen LogP contribution < -0.4 is 5.32 Å². The number of carbonyl (C=O) groups excluding carboxylic acids is 1. The second-order valence-electron chi connectivity index (χ2n) is 4.86. The molecule has 0 heterocycles. The summed E-state index contributed by atoms with van der Waals surface area (Å²) in [6.45, 7) is -1.26. The average Bonchev–Trinajstić information content (AvgIpc) is 2.63. The summed E-state index contributed by atoms with van der Waals surface area (Å²) in [5.74, 6) is -12.2. The second kappa shape index (κ2) is 7.33. The third-order valence-electron chi connectivity index (χ3n) is 3.35. The zero-order valence-corrected chi connectivity index (χ0v) is 12.9. The molecule has 0 amide bonds. The summed E-state index contributed by atoms with van der Waals surface area (Å²) in [7, 11) is 1.41. The molecular weight excluding hydrogens is 367 g/mol. The Labute approximate surface area is 142 Å². The molecule has 0 bridgehead atoms. The quantitative estimate of drug-likeness (QED) is 0.215. The number of nitrogens with zero attached hydrogens (tertiary/aromatic N) is 1. The van der Waals surface area contributed by atoms with Crippen molar-refractivity contribution in [3.8, 4) is 0 Å². The highest BCUT2D eigenvalue weighted by Crippen LogP contribution is 2.27. The van der Waals surface area contributed by atoms with Gasteiger partial charge < -0.3 is 10.1 Å². The summed E-state index contributed by atoms with van der Waals surface area (Å²) in [5, 5.41) is 13.4. The summed E-state index contributed by atoms with van der Waals surface area (Å²) < 4.78 is 70.7. The van der Waals surface area contributed by atoms with E-state index >= 15 is 0 Å². The van der Waals surface area contributed by atoms with Gasteiger partial charge in [-0.3, -0.25) is 10.1 Å². The number of nitrogens with one attached hydrogen (secondary N) is 1. The van der Waals surface area contributed by atoms with Crippen LogP contribution >= 0.6 is 0 Å². The molecule has 2 rings (SSSR count). The van der Waals surface area contributed by atoms with Gasteiger partial charge in [-0.05, 0) is 12.1 Å². The summed E-state index contributed by atoms with van der Waals surface area (Å²) in [5.41, 5.74) is -2.07. The van der Waals surface area contributed by atoms with E-state index < -0.39 is 57.8 Å². The van der Waals surface area contributed by atoms with E-state index in [2.05, 4.69) is 10.1 Å². The zero-order valence-electron chi connectivity index (χ0n) is 12.9. The van der Waals surface area contributed by atoms with Crippen LogP contribution in [0.4, 0.5) is 33.3 Å². The predicted octanol–water partition coefficient (Wildman–Crippen LogP) is 3.69. The van der Waals surface area contributed by atoms with Crippen LogP contribution in [0.1, 0.15) is 15.9 Å². The Morgan fingerprint density at radius 2 is 1.62 bits per heavy atom. The molecule has 0 unspecified atom stereocenters. The Morgan fingerprint density at radius 3 is 2.12 bits per heavy atom. The fraction of sp³-hybridized carbons (Fsp3) is 0.133. The lowest BCUT2D eigenvalue weighted by molar-refractivity contribution is -0.384. The van der Waals surface area contributed by atoms with Crippen LogP contribution in [0, 0.1) is 39.2 Å². The van der Waals surface area contributed by atoms with Crippen molar-refractivity contribution in [3.63, 3.8) is 0 Å². The van der Waals surface area contributed by atoms with Crippen molar-refractivity contribution < 1.29 is 36.4 Å². The van der Waals surface area contributed by atoms with Crippen LogP contribution in [-0.2, 0) is 11.3 Å². The molecule has 0 spiro atoms. The summed E-state index contributed by atoms with van der Waals surface area (Å²) in [4.78, 5) is 22.0. The number of hydrogen-bond acceptors (Lipinski definition) is 5. The number of halogens is 5. The van der Waals surface area contributed by atoms with Crippen LogP contribution in [0.5, 0.6) is 0 Å². The van der Waals surface area contributed by atoms with E-state index in [4.69, 9.17) is 0 Å². The SMILES string of the molecule is CNc1ccc(C(=O)OCc2c(F)c(F)c(F)c(F)c2F)cc1[N+](=O)[O-]. The standard InChI is InChI=1S/C15H9F5N2O4/c1-21-8-3-2-6(4-9(8)22(24)25)15(23)26-5-7-10(16)12(18)14(20)13(19)11(7)17/h2-4,21H,5H2,1H3. The Kier molecular flexibility index (Phi) is 5.38. The molecule has 1 N–H and O–H groups in total. The van der Waals surface area contributed by atoms with E-state index in [-0.39, 0.29) is 11.3 Å². The number of nitro groups is 1. The van der Waals surface area contributed by atoms with Gasteiger partial charge in [-0.25, -0.2) is 26.7 Å². The summed E-state index contributed by atoms with van der Waals surface area (Å²) >= 11 is 0. The molecule has 11 heteroatoms.